The van der Waals surface area contributed by atoms with Gasteiger partial charge < -0.3 is 10.1 Å². The second-order valence-corrected chi connectivity index (χ2v) is 5.99. The molecule has 0 aliphatic rings. The number of methoxy groups -OCH3 is 1. The SMILES string of the molecule is COc1ccc(C(C)NC(C)c2c(F)cccc2F)cc1Br. The summed E-state index contributed by atoms with van der Waals surface area (Å²) in [7, 11) is 1.60. The number of hydrogen-bond acceptors (Lipinski definition) is 2. The summed E-state index contributed by atoms with van der Waals surface area (Å²) in [4.78, 5) is 0. The molecule has 0 aliphatic heterocycles. The summed E-state index contributed by atoms with van der Waals surface area (Å²) in [6.45, 7) is 3.69. The molecule has 2 unspecified atom stereocenters. The highest BCUT2D eigenvalue weighted by atomic mass is 79.9. The van der Waals surface area contributed by atoms with Crippen LogP contribution in [0.1, 0.15) is 37.1 Å². The fraction of sp³-hybridized carbons (Fsp3) is 0.294. The van der Waals surface area contributed by atoms with Crippen molar-refractivity contribution in [2.45, 2.75) is 25.9 Å². The average Bonchev–Trinajstić information content (AvgIpc) is 2.46. The van der Waals surface area contributed by atoms with Crippen LogP contribution in [0.4, 0.5) is 8.78 Å². The minimum atomic E-state index is -0.539. The maximum Gasteiger partial charge on any atom is 0.133 e. The monoisotopic (exact) mass is 369 g/mol. The molecule has 0 saturated heterocycles. The summed E-state index contributed by atoms with van der Waals surface area (Å²) in [5.74, 6) is -0.338. The van der Waals surface area contributed by atoms with E-state index in [1.807, 2.05) is 25.1 Å². The Morgan fingerprint density at radius 1 is 1.05 bits per heavy atom. The minimum Gasteiger partial charge on any atom is -0.496 e. The van der Waals surface area contributed by atoms with E-state index in [2.05, 4.69) is 21.2 Å². The summed E-state index contributed by atoms with van der Waals surface area (Å²) in [5, 5.41) is 3.22. The van der Waals surface area contributed by atoms with E-state index < -0.39 is 17.7 Å². The van der Waals surface area contributed by atoms with Crippen molar-refractivity contribution in [1.82, 2.24) is 5.32 Å². The number of nitrogens with one attached hydrogen (secondary N) is 1. The van der Waals surface area contributed by atoms with Crippen molar-refractivity contribution in [2.24, 2.45) is 0 Å². The largest absolute Gasteiger partial charge is 0.496 e. The number of ether oxygens (including phenoxy) is 1. The Morgan fingerprint density at radius 3 is 2.23 bits per heavy atom. The van der Waals surface area contributed by atoms with Gasteiger partial charge in [-0.2, -0.15) is 0 Å². The van der Waals surface area contributed by atoms with Crippen LogP contribution >= 0.6 is 15.9 Å². The van der Waals surface area contributed by atoms with Crippen LogP contribution in [0.2, 0.25) is 0 Å². The number of rotatable bonds is 5. The summed E-state index contributed by atoms with van der Waals surface area (Å²) >= 11 is 3.44. The molecule has 0 fully saturated rings. The van der Waals surface area contributed by atoms with Crippen molar-refractivity contribution < 1.29 is 13.5 Å². The molecule has 2 atom stereocenters. The molecule has 0 radical (unpaired) electrons. The van der Waals surface area contributed by atoms with Gasteiger partial charge in [0.15, 0.2) is 0 Å². The van der Waals surface area contributed by atoms with E-state index in [-0.39, 0.29) is 11.6 Å². The van der Waals surface area contributed by atoms with Crippen LogP contribution in [0.5, 0.6) is 5.75 Å². The topological polar surface area (TPSA) is 21.3 Å². The molecule has 0 spiro atoms. The predicted molar refractivity (Wildman–Crippen MR) is 87.0 cm³/mol. The lowest BCUT2D eigenvalue weighted by molar-refractivity contribution is 0.411. The molecule has 118 valence electrons. The molecule has 2 rings (SSSR count). The van der Waals surface area contributed by atoms with Gasteiger partial charge in [0.1, 0.15) is 17.4 Å². The standard InChI is InChI=1S/C17H18BrF2NO/c1-10(12-7-8-16(22-3)13(18)9-12)21-11(2)17-14(19)5-4-6-15(17)20/h4-11,21H,1-3H3. The molecular formula is C17H18BrF2NO. The third-order valence-corrected chi connectivity index (χ3v) is 4.23. The maximum atomic E-state index is 13.8. The van der Waals surface area contributed by atoms with Crippen LogP contribution < -0.4 is 10.1 Å². The summed E-state index contributed by atoms with van der Waals surface area (Å²) in [6.07, 6.45) is 0. The van der Waals surface area contributed by atoms with E-state index >= 15 is 0 Å². The van der Waals surface area contributed by atoms with Crippen LogP contribution in [0.3, 0.4) is 0 Å². The highest BCUT2D eigenvalue weighted by Crippen LogP contribution is 2.29. The normalized spacial score (nSPS) is 13.7. The highest BCUT2D eigenvalue weighted by Gasteiger charge is 2.18. The highest BCUT2D eigenvalue weighted by molar-refractivity contribution is 9.10. The lowest BCUT2D eigenvalue weighted by Crippen LogP contribution is -2.24. The van der Waals surface area contributed by atoms with Gasteiger partial charge in [0.2, 0.25) is 0 Å². The van der Waals surface area contributed by atoms with Gasteiger partial charge in [0, 0.05) is 17.6 Å². The predicted octanol–water partition coefficient (Wildman–Crippen LogP) is 5.15. The molecule has 0 aliphatic carbocycles. The van der Waals surface area contributed by atoms with Gasteiger partial charge in [-0.05, 0) is 59.6 Å². The Morgan fingerprint density at radius 2 is 1.68 bits per heavy atom. The third kappa shape index (κ3) is 3.65. The van der Waals surface area contributed by atoms with Crippen molar-refractivity contribution in [1.29, 1.82) is 0 Å². The van der Waals surface area contributed by atoms with E-state index in [0.29, 0.717) is 0 Å². The molecule has 2 aromatic carbocycles. The van der Waals surface area contributed by atoms with Gasteiger partial charge in [-0.15, -0.1) is 0 Å². The zero-order valence-corrected chi connectivity index (χ0v) is 14.2. The first-order valence-electron chi connectivity index (χ1n) is 6.97. The van der Waals surface area contributed by atoms with E-state index in [9.17, 15) is 8.78 Å². The van der Waals surface area contributed by atoms with Crippen LogP contribution in [-0.2, 0) is 0 Å². The zero-order chi connectivity index (χ0) is 16.3. The van der Waals surface area contributed by atoms with Gasteiger partial charge in [-0.1, -0.05) is 12.1 Å². The van der Waals surface area contributed by atoms with Gasteiger partial charge in [0.25, 0.3) is 0 Å². The van der Waals surface area contributed by atoms with Gasteiger partial charge in [-0.3, -0.25) is 0 Å². The second-order valence-electron chi connectivity index (χ2n) is 5.14. The first-order valence-corrected chi connectivity index (χ1v) is 7.76. The minimum absolute atomic E-state index is 0.0573. The quantitative estimate of drug-likeness (QED) is 0.786. The van der Waals surface area contributed by atoms with E-state index in [4.69, 9.17) is 4.74 Å². The van der Waals surface area contributed by atoms with Crippen molar-refractivity contribution in [3.63, 3.8) is 0 Å². The molecule has 2 nitrogen and oxygen atoms in total. The third-order valence-electron chi connectivity index (χ3n) is 3.61. The second kappa shape index (κ2) is 7.20. The number of benzene rings is 2. The molecule has 0 bridgehead atoms. The Labute approximate surface area is 137 Å². The number of hydrogen-bond donors (Lipinski definition) is 1. The van der Waals surface area contributed by atoms with Crippen molar-refractivity contribution in [3.05, 3.63) is 63.6 Å². The number of halogens is 3. The Bertz CT molecular complexity index is 643. The van der Waals surface area contributed by atoms with E-state index in [1.54, 1.807) is 14.0 Å². The van der Waals surface area contributed by atoms with Crippen molar-refractivity contribution in [3.8, 4) is 5.75 Å². The van der Waals surface area contributed by atoms with Crippen LogP contribution in [0, 0.1) is 11.6 Å². The molecule has 22 heavy (non-hydrogen) atoms. The maximum absolute atomic E-state index is 13.8. The average molecular weight is 370 g/mol. The Kier molecular flexibility index (Phi) is 5.53. The van der Waals surface area contributed by atoms with Crippen molar-refractivity contribution >= 4 is 15.9 Å². The lowest BCUT2D eigenvalue weighted by atomic mass is 10.0. The Hall–Kier alpha value is -1.46. The molecule has 5 heteroatoms. The molecule has 0 amide bonds. The summed E-state index contributed by atoms with van der Waals surface area (Å²) in [6, 6.07) is 9.09. The fourth-order valence-electron chi connectivity index (χ4n) is 2.43. The van der Waals surface area contributed by atoms with Gasteiger partial charge in [-0.25, -0.2) is 8.78 Å². The molecule has 2 aromatic rings. The molecule has 0 saturated carbocycles. The molecule has 0 heterocycles. The Balaban J connectivity index is 2.18. The smallest absolute Gasteiger partial charge is 0.133 e. The molecule has 1 N–H and O–H groups in total. The van der Waals surface area contributed by atoms with Crippen LogP contribution in [0.15, 0.2) is 40.9 Å². The molecule has 0 aromatic heterocycles. The lowest BCUT2D eigenvalue weighted by Gasteiger charge is -2.22. The van der Waals surface area contributed by atoms with Crippen LogP contribution in [-0.4, -0.2) is 7.11 Å². The van der Waals surface area contributed by atoms with E-state index in [1.165, 1.54) is 18.2 Å². The fourth-order valence-corrected chi connectivity index (χ4v) is 2.99. The van der Waals surface area contributed by atoms with Gasteiger partial charge >= 0.3 is 0 Å². The zero-order valence-electron chi connectivity index (χ0n) is 12.7. The molecular weight excluding hydrogens is 352 g/mol. The first kappa shape index (κ1) is 16.9. The summed E-state index contributed by atoms with van der Waals surface area (Å²) < 4.78 is 33.7. The first-order chi connectivity index (χ1) is 10.4. The van der Waals surface area contributed by atoms with E-state index in [0.717, 1.165) is 15.8 Å². The van der Waals surface area contributed by atoms with Gasteiger partial charge in [0.05, 0.1) is 11.6 Å². The van der Waals surface area contributed by atoms with Crippen molar-refractivity contribution in [2.75, 3.05) is 7.11 Å². The van der Waals surface area contributed by atoms with Crippen LogP contribution in [0.25, 0.3) is 0 Å². The summed E-state index contributed by atoms with van der Waals surface area (Å²) in [5.41, 5.74) is 1.05.